The molecule has 2 atom stereocenters. The van der Waals surface area contributed by atoms with Gasteiger partial charge in [0.1, 0.15) is 23.5 Å². The Kier molecular flexibility index (Phi) is 4.85. The number of hydrogen-bond donors (Lipinski definition) is 1. The molecule has 7 nitrogen and oxygen atoms in total. The van der Waals surface area contributed by atoms with Crippen LogP contribution < -0.4 is 10.1 Å². The third-order valence-electron chi connectivity index (χ3n) is 5.93. The molecule has 9 heteroatoms. The molecule has 2 saturated heterocycles. The molecule has 31 heavy (non-hydrogen) atoms. The first-order valence-corrected chi connectivity index (χ1v) is 11.1. The SMILES string of the molecule is O=C1NC2(CCOc3ccccc32)C(=O)N1CC(=O)N1CCSC1c1ccccc1F. The number of hydrogen-bond acceptors (Lipinski definition) is 5. The van der Waals surface area contributed by atoms with Crippen LogP contribution in [-0.4, -0.2) is 53.1 Å². The third-order valence-corrected chi connectivity index (χ3v) is 7.18. The molecular weight excluding hydrogens is 421 g/mol. The Hall–Kier alpha value is -3.07. The average molecular weight is 441 g/mol. The highest BCUT2D eigenvalue weighted by atomic mass is 32.2. The molecule has 3 aliphatic heterocycles. The van der Waals surface area contributed by atoms with Crippen LogP contribution in [0.1, 0.15) is 22.9 Å². The van der Waals surface area contributed by atoms with E-state index in [9.17, 15) is 18.8 Å². The number of ether oxygens (including phenoxy) is 1. The van der Waals surface area contributed by atoms with Gasteiger partial charge in [-0.15, -0.1) is 11.8 Å². The minimum Gasteiger partial charge on any atom is -0.493 e. The molecule has 0 bridgehead atoms. The summed E-state index contributed by atoms with van der Waals surface area (Å²) in [7, 11) is 0. The smallest absolute Gasteiger partial charge is 0.325 e. The summed E-state index contributed by atoms with van der Waals surface area (Å²) in [5, 5.41) is 2.32. The van der Waals surface area contributed by atoms with Gasteiger partial charge < -0.3 is 15.0 Å². The number of carbonyl (C=O) groups is 3. The lowest BCUT2D eigenvalue weighted by Crippen LogP contribution is -2.48. The molecule has 0 aromatic heterocycles. The van der Waals surface area contributed by atoms with Gasteiger partial charge in [0.15, 0.2) is 5.54 Å². The molecule has 2 aromatic rings. The number of para-hydroxylation sites is 1. The van der Waals surface area contributed by atoms with E-state index in [1.807, 2.05) is 0 Å². The van der Waals surface area contributed by atoms with E-state index in [1.165, 1.54) is 22.7 Å². The van der Waals surface area contributed by atoms with Gasteiger partial charge in [0.05, 0.1) is 6.61 Å². The van der Waals surface area contributed by atoms with Gasteiger partial charge in [-0.2, -0.15) is 0 Å². The van der Waals surface area contributed by atoms with Crippen LogP contribution in [0.3, 0.4) is 0 Å². The second-order valence-corrected chi connectivity index (χ2v) is 8.84. The van der Waals surface area contributed by atoms with Crippen molar-refractivity contribution >= 4 is 29.6 Å². The van der Waals surface area contributed by atoms with Crippen molar-refractivity contribution in [3.63, 3.8) is 0 Å². The zero-order valence-electron chi connectivity index (χ0n) is 16.5. The van der Waals surface area contributed by atoms with E-state index < -0.39 is 22.9 Å². The second-order valence-electron chi connectivity index (χ2n) is 7.65. The fourth-order valence-electron chi connectivity index (χ4n) is 4.40. The van der Waals surface area contributed by atoms with Gasteiger partial charge in [-0.25, -0.2) is 9.18 Å². The third kappa shape index (κ3) is 3.15. The van der Waals surface area contributed by atoms with Crippen molar-refractivity contribution < 1.29 is 23.5 Å². The van der Waals surface area contributed by atoms with Crippen molar-refractivity contribution in [2.24, 2.45) is 0 Å². The van der Waals surface area contributed by atoms with Crippen LogP contribution in [0.2, 0.25) is 0 Å². The summed E-state index contributed by atoms with van der Waals surface area (Å²) in [5.74, 6) is -0.0341. The maximum Gasteiger partial charge on any atom is 0.325 e. The summed E-state index contributed by atoms with van der Waals surface area (Å²) in [6.07, 6.45) is 0.288. The number of nitrogens with one attached hydrogen (secondary N) is 1. The van der Waals surface area contributed by atoms with E-state index in [0.717, 1.165) is 4.90 Å². The Labute approximate surface area is 182 Å². The number of rotatable bonds is 3. The predicted molar refractivity (Wildman–Crippen MR) is 112 cm³/mol. The Balaban J connectivity index is 1.39. The van der Waals surface area contributed by atoms with Gasteiger partial charge >= 0.3 is 6.03 Å². The lowest BCUT2D eigenvalue weighted by Gasteiger charge is -2.33. The number of nitrogens with zero attached hydrogens (tertiary/aromatic N) is 2. The second kappa shape index (κ2) is 7.56. The molecule has 3 heterocycles. The molecule has 3 aliphatic rings. The fraction of sp³-hybridized carbons (Fsp3) is 0.318. The number of thioether (sulfide) groups is 1. The van der Waals surface area contributed by atoms with Gasteiger partial charge in [-0.1, -0.05) is 36.4 Å². The van der Waals surface area contributed by atoms with Crippen LogP contribution in [0, 0.1) is 5.82 Å². The molecule has 0 radical (unpaired) electrons. The summed E-state index contributed by atoms with van der Waals surface area (Å²) in [4.78, 5) is 41.7. The Morgan fingerprint density at radius 1 is 1.19 bits per heavy atom. The van der Waals surface area contributed by atoms with Crippen molar-refractivity contribution in [2.75, 3.05) is 25.4 Å². The van der Waals surface area contributed by atoms with Crippen LogP contribution in [0.25, 0.3) is 0 Å². The quantitative estimate of drug-likeness (QED) is 0.741. The van der Waals surface area contributed by atoms with Crippen molar-refractivity contribution in [3.8, 4) is 5.75 Å². The van der Waals surface area contributed by atoms with Crippen molar-refractivity contribution in [1.82, 2.24) is 15.1 Å². The molecule has 1 spiro atoms. The van der Waals surface area contributed by atoms with Gasteiger partial charge in [-0.3, -0.25) is 14.5 Å². The maximum atomic E-state index is 14.3. The first kappa shape index (κ1) is 19.9. The Bertz CT molecular complexity index is 1080. The van der Waals surface area contributed by atoms with E-state index in [-0.39, 0.29) is 31.3 Å². The molecule has 2 unspecified atom stereocenters. The van der Waals surface area contributed by atoms with Gasteiger partial charge in [0.2, 0.25) is 5.91 Å². The van der Waals surface area contributed by atoms with Crippen molar-refractivity contribution in [2.45, 2.75) is 17.3 Å². The fourth-order valence-corrected chi connectivity index (χ4v) is 5.70. The number of halogens is 1. The molecule has 160 valence electrons. The molecule has 0 saturated carbocycles. The summed E-state index contributed by atoms with van der Waals surface area (Å²) in [5.41, 5.74) is -0.211. The number of amides is 4. The molecular formula is C22H20FN3O4S. The normalized spacial score (nSPS) is 24.9. The summed E-state index contributed by atoms with van der Waals surface area (Å²) >= 11 is 1.46. The first-order valence-electron chi connectivity index (χ1n) is 10.0. The van der Waals surface area contributed by atoms with E-state index in [0.29, 0.717) is 29.2 Å². The Morgan fingerprint density at radius 2 is 1.97 bits per heavy atom. The van der Waals surface area contributed by atoms with Crippen LogP contribution in [0.4, 0.5) is 9.18 Å². The van der Waals surface area contributed by atoms with E-state index in [4.69, 9.17) is 4.74 Å². The monoisotopic (exact) mass is 441 g/mol. The van der Waals surface area contributed by atoms with Gasteiger partial charge in [-0.05, 0) is 12.1 Å². The van der Waals surface area contributed by atoms with Crippen LogP contribution in [0.15, 0.2) is 48.5 Å². The average Bonchev–Trinajstić information content (AvgIpc) is 3.34. The predicted octanol–water partition coefficient (Wildman–Crippen LogP) is 2.63. The molecule has 1 N–H and O–H groups in total. The lowest BCUT2D eigenvalue weighted by atomic mass is 9.84. The molecule has 4 amide bonds. The minimum atomic E-state index is -1.23. The largest absolute Gasteiger partial charge is 0.493 e. The summed E-state index contributed by atoms with van der Waals surface area (Å²) in [6.45, 7) is 0.317. The molecule has 2 fully saturated rings. The van der Waals surface area contributed by atoms with E-state index in [1.54, 1.807) is 42.5 Å². The summed E-state index contributed by atoms with van der Waals surface area (Å²) in [6, 6.07) is 12.8. The van der Waals surface area contributed by atoms with E-state index >= 15 is 0 Å². The summed E-state index contributed by atoms with van der Waals surface area (Å²) < 4.78 is 19.9. The van der Waals surface area contributed by atoms with Crippen molar-refractivity contribution in [1.29, 1.82) is 0 Å². The van der Waals surface area contributed by atoms with E-state index in [2.05, 4.69) is 5.32 Å². The highest BCUT2D eigenvalue weighted by Crippen LogP contribution is 2.42. The number of urea groups is 1. The zero-order valence-corrected chi connectivity index (χ0v) is 17.4. The van der Waals surface area contributed by atoms with Crippen LogP contribution in [0.5, 0.6) is 5.75 Å². The standard InChI is InChI=1S/C22H20FN3O4S/c23-16-7-3-1-5-14(16)19-25(10-12-31-19)18(27)13-26-20(28)22(24-21(26)29)9-11-30-17-8-4-2-6-15(17)22/h1-8,19H,9-13H2,(H,24,29). The lowest BCUT2D eigenvalue weighted by molar-refractivity contribution is -0.139. The van der Waals surface area contributed by atoms with Gasteiger partial charge in [0.25, 0.3) is 5.91 Å². The molecule has 5 rings (SSSR count). The molecule has 2 aromatic carbocycles. The Morgan fingerprint density at radius 3 is 2.81 bits per heavy atom. The number of fused-ring (bicyclic) bond motifs is 2. The topological polar surface area (TPSA) is 79.0 Å². The highest BCUT2D eigenvalue weighted by Gasteiger charge is 2.55. The van der Waals surface area contributed by atoms with Crippen LogP contribution >= 0.6 is 11.8 Å². The van der Waals surface area contributed by atoms with Crippen molar-refractivity contribution in [3.05, 3.63) is 65.5 Å². The highest BCUT2D eigenvalue weighted by molar-refractivity contribution is 7.99. The number of carbonyl (C=O) groups excluding carboxylic acids is 3. The maximum absolute atomic E-state index is 14.3. The first-order chi connectivity index (χ1) is 15.0. The van der Waals surface area contributed by atoms with Crippen LogP contribution in [-0.2, 0) is 15.1 Å². The zero-order chi connectivity index (χ0) is 21.6. The minimum absolute atomic E-state index is 0.281. The van der Waals surface area contributed by atoms with Gasteiger partial charge in [0, 0.05) is 29.8 Å². The number of benzene rings is 2. The number of imide groups is 1. The molecule has 0 aliphatic carbocycles.